The molecule has 6 atom stereocenters. The van der Waals surface area contributed by atoms with Gasteiger partial charge in [-0.3, -0.25) is 14.4 Å². The number of benzene rings is 1. The standard InChI is InChI=1S/C26H31BrN6O4S/c1-4-10-30(3)23(35)19-20-24(36)32(12-13-34)22(26(20)14-16(27)21(19)38-26)25(37)31(11-5-2)15-33-18-9-7-6-8-17(18)28-29-33/h4-9,16,19-22,34H,1-2,10-15H2,3H3/t16?,19-,20+,21-,22?,26?/m1/s1. The molecule has 2 bridgehead atoms. The number of hydrogen-bond acceptors (Lipinski definition) is 7. The quantitative estimate of drug-likeness (QED) is 0.324. The van der Waals surface area contributed by atoms with Crippen molar-refractivity contribution in [3.63, 3.8) is 0 Å². The number of carbonyl (C=O) groups is 3. The van der Waals surface area contributed by atoms with Crippen LogP contribution in [0.5, 0.6) is 0 Å². The van der Waals surface area contributed by atoms with Gasteiger partial charge in [0.15, 0.2) is 0 Å². The lowest BCUT2D eigenvalue weighted by atomic mass is 9.70. The van der Waals surface area contributed by atoms with E-state index in [-0.39, 0.29) is 54.2 Å². The number of thioether (sulfide) groups is 1. The van der Waals surface area contributed by atoms with Gasteiger partial charge in [0.05, 0.1) is 28.7 Å². The zero-order valence-electron chi connectivity index (χ0n) is 21.1. The first-order chi connectivity index (χ1) is 18.3. The number of likely N-dealkylation sites (N-methyl/N-ethyl adjacent to an activating group) is 1. The lowest BCUT2D eigenvalue weighted by molar-refractivity contribution is -0.145. The SMILES string of the molecule is C=CCN(C)C(=O)[C@H]1[C@@H]2SC3(CC2Br)C(C(=O)N(CC=C)Cn2nnc4ccccc42)N(CCO)C(=O)[C@H]13. The number of aliphatic hydroxyl groups is 1. The highest BCUT2D eigenvalue weighted by Gasteiger charge is 2.75. The maximum Gasteiger partial charge on any atom is 0.248 e. The van der Waals surface area contributed by atoms with E-state index in [1.54, 1.807) is 45.4 Å². The number of likely N-dealkylation sites (tertiary alicyclic amines) is 1. The number of carbonyl (C=O) groups excluding carboxylic acids is 3. The summed E-state index contributed by atoms with van der Waals surface area (Å²) in [5.74, 6) is -1.84. The molecule has 3 unspecified atom stereocenters. The van der Waals surface area contributed by atoms with E-state index in [0.29, 0.717) is 18.5 Å². The third-order valence-corrected chi connectivity index (χ3v) is 11.0. The zero-order valence-corrected chi connectivity index (χ0v) is 23.6. The zero-order chi connectivity index (χ0) is 27.2. The molecule has 0 saturated carbocycles. The van der Waals surface area contributed by atoms with Gasteiger partial charge in [0.2, 0.25) is 17.7 Å². The molecule has 2 aromatic rings. The van der Waals surface area contributed by atoms with E-state index in [1.165, 1.54) is 4.90 Å². The van der Waals surface area contributed by atoms with Crippen molar-refractivity contribution in [3.05, 3.63) is 49.6 Å². The largest absolute Gasteiger partial charge is 0.395 e. The van der Waals surface area contributed by atoms with Crippen LogP contribution in [0.15, 0.2) is 49.6 Å². The van der Waals surface area contributed by atoms with Crippen molar-refractivity contribution in [2.45, 2.75) is 34.0 Å². The van der Waals surface area contributed by atoms with Gasteiger partial charge in [-0.25, -0.2) is 4.68 Å². The minimum atomic E-state index is -0.834. The van der Waals surface area contributed by atoms with Crippen LogP contribution >= 0.6 is 27.7 Å². The Bertz CT molecular complexity index is 1290. The first-order valence-corrected chi connectivity index (χ1v) is 14.4. The van der Waals surface area contributed by atoms with Crippen molar-refractivity contribution in [2.24, 2.45) is 11.8 Å². The Balaban J connectivity index is 1.52. The number of para-hydroxylation sites is 1. The molecular weight excluding hydrogens is 572 g/mol. The van der Waals surface area contributed by atoms with Gasteiger partial charge in [-0.2, -0.15) is 0 Å². The second kappa shape index (κ2) is 10.5. The smallest absolute Gasteiger partial charge is 0.248 e. The van der Waals surface area contributed by atoms with Crippen molar-refractivity contribution < 1.29 is 19.5 Å². The summed E-state index contributed by atoms with van der Waals surface area (Å²) in [4.78, 5) is 46.5. The number of fused-ring (bicyclic) bond motifs is 2. The highest BCUT2D eigenvalue weighted by Crippen LogP contribution is 2.68. The summed E-state index contributed by atoms with van der Waals surface area (Å²) < 4.78 is 0.865. The van der Waals surface area contributed by atoms with Gasteiger partial charge in [-0.1, -0.05) is 45.4 Å². The lowest BCUT2D eigenvalue weighted by Crippen LogP contribution is -2.56. The molecule has 0 aliphatic carbocycles. The van der Waals surface area contributed by atoms with E-state index in [1.807, 2.05) is 24.3 Å². The molecule has 1 spiro atoms. The fourth-order valence-corrected chi connectivity index (χ4v) is 9.91. The fourth-order valence-electron chi connectivity index (χ4n) is 6.31. The summed E-state index contributed by atoms with van der Waals surface area (Å²) in [5, 5.41) is 18.2. The van der Waals surface area contributed by atoms with Gasteiger partial charge < -0.3 is 19.8 Å². The minimum absolute atomic E-state index is 0.0171. The first kappa shape index (κ1) is 26.9. The molecule has 3 fully saturated rings. The normalized spacial score (nSPS) is 29.5. The number of alkyl halides is 1. The summed E-state index contributed by atoms with van der Waals surface area (Å²) in [6, 6.07) is 6.66. The third kappa shape index (κ3) is 4.08. The molecule has 3 aliphatic heterocycles. The number of nitrogens with zero attached hydrogens (tertiary/aromatic N) is 6. The van der Waals surface area contributed by atoms with Gasteiger partial charge in [0.1, 0.15) is 18.2 Å². The van der Waals surface area contributed by atoms with Crippen LogP contribution in [0.1, 0.15) is 6.42 Å². The molecule has 5 rings (SSSR count). The van der Waals surface area contributed by atoms with Gasteiger partial charge in [0, 0.05) is 36.8 Å². The molecule has 3 saturated heterocycles. The second-order valence-corrected chi connectivity index (χ2v) is 12.7. The Morgan fingerprint density at radius 2 is 2.00 bits per heavy atom. The molecule has 10 nitrogen and oxygen atoms in total. The van der Waals surface area contributed by atoms with Crippen molar-refractivity contribution in [2.75, 3.05) is 33.3 Å². The van der Waals surface area contributed by atoms with Crippen molar-refractivity contribution >= 4 is 56.4 Å². The van der Waals surface area contributed by atoms with Gasteiger partial charge in [-0.15, -0.1) is 30.0 Å². The van der Waals surface area contributed by atoms with Crippen LogP contribution in [-0.4, -0.2) is 107 Å². The van der Waals surface area contributed by atoms with Crippen molar-refractivity contribution in [1.29, 1.82) is 0 Å². The highest BCUT2D eigenvalue weighted by atomic mass is 79.9. The summed E-state index contributed by atoms with van der Waals surface area (Å²) >= 11 is 5.34. The van der Waals surface area contributed by atoms with Gasteiger partial charge >= 0.3 is 0 Å². The number of β-amino-alcohol motifs (C(OH)–C–C–N with tert-alkyl or cyclic N) is 1. The Hall–Kier alpha value is -2.70. The summed E-state index contributed by atoms with van der Waals surface area (Å²) in [7, 11) is 1.71. The van der Waals surface area contributed by atoms with E-state index in [0.717, 1.165) is 5.52 Å². The number of aliphatic hydroxyl groups excluding tert-OH is 1. The van der Waals surface area contributed by atoms with Crippen LogP contribution in [0, 0.1) is 11.8 Å². The molecule has 3 amide bonds. The third-order valence-electron chi connectivity index (χ3n) is 7.81. The maximum atomic E-state index is 14.4. The summed E-state index contributed by atoms with van der Waals surface area (Å²) in [6.07, 6.45) is 3.87. The number of aromatic nitrogens is 3. The number of amides is 3. The molecule has 3 aliphatic rings. The lowest BCUT2D eigenvalue weighted by Gasteiger charge is -2.38. The molecule has 4 heterocycles. The first-order valence-electron chi connectivity index (χ1n) is 12.6. The molecule has 1 aromatic carbocycles. The number of hydrogen-bond donors (Lipinski definition) is 1. The maximum absolute atomic E-state index is 14.4. The molecular formula is C26H31BrN6O4S. The molecule has 12 heteroatoms. The molecule has 1 aromatic heterocycles. The predicted molar refractivity (Wildman–Crippen MR) is 148 cm³/mol. The van der Waals surface area contributed by atoms with E-state index >= 15 is 0 Å². The van der Waals surface area contributed by atoms with E-state index < -0.39 is 22.6 Å². The van der Waals surface area contributed by atoms with Crippen LogP contribution in [0.3, 0.4) is 0 Å². The Morgan fingerprint density at radius 3 is 2.71 bits per heavy atom. The van der Waals surface area contributed by atoms with Crippen LogP contribution in [0.4, 0.5) is 0 Å². The second-order valence-electron chi connectivity index (χ2n) is 9.99. The summed E-state index contributed by atoms with van der Waals surface area (Å²) in [6.45, 7) is 8.03. The Labute approximate surface area is 233 Å². The highest BCUT2D eigenvalue weighted by molar-refractivity contribution is 9.09. The van der Waals surface area contributed by atoms with Crippen LogP contribution < -0.4 is 0 Å². The monoisotopic (exact) mass is 602 g/mol. The average molecular weight is 604 g/mol. The van der Waals surface area contributed by atoms with E-state index in [2.05, 4.69) is 39.4 Å². The van der Waals surface area contributed by atoms with Crippen LogP contribution in [0.2, 0.25) is 0 Å². The Morgan fingerprint density at radius 1 is 1.26 bits per heavy atom. The van der Waals surface area contributed by atoms with Crippen molar-refractivity contribution in [1.82, 2.24) is 29.7 Å². The van der Waals surface area contributed by atoms with Crippen LogP contribution in [-0.2, 0) is 21.1 Å². The predicted octanol–water partition coefficient (Wildman–Crippen LogP) is 1.50. The van der Waals surface area contributed by atoms with Gasteiger partial charge in [0.25, 0.3) is 0 Å². The Kier molecular flexibility index (Phi) is 7.40. The fraction of sp³-hybridized carbons (Fsp3) is 0.500. The van der Waals surface area contributed by atoms with E-state index in [9.17, 15) is 19.5 Å². The summed E-state index contributed by atoms with van der Waals surface area (Å²) in [5.41, 5.74) is 1.50. The molecule has 38 heavy (non-hydrogen) atoms. The molecule has 202 valence electrons. The molecule has 1 N–H and O–H groups in total. The van der Waals surface area contributed by atoms with Crippen molar-refractivity contribution in [3.8, 4) is 0 Å². The topological polar surface area (TPSA) is 112 Å². The minimum Gasteiger partial charge on any atom is -0.395 e. The van der Waals surface area contributed by atoms with Crippen LogP contribution in [0.25, 0.3) is 11.0 Å². The van der Waals surface area contributed by atoms with Gasteiger partial charge in [-0.05, 0) is 18.6 Å². The number of rotatable bonds is 10. The number of halogens is 1. The molecule has 0 radical (unpaired) electrons. The van der Waals surface area contributed by atoms with E-state index in [4.69, 9.17) is 0 Å². The average Bonchev–Trinajstić information content (AvgIpc) is 3.61.